The quantitative estimate of drug-likeness (QED) is 0.843. The Kier molecular flexibility index (Phi) is 5.73. The maximum Gasteiger partial charge on any atom is 0.232 e. The van der Waals surface area contributed by atoms with E-state index >= 15 is 0 Å². The Labute approximate surface area is 124 Å². The monoisotopic (exact) mass is 294 g/mol. The molecule has 0 aromatic heterocycles. The van der Waals surface area contributed by atoms with Crippen LogP contribution in [-0.2, 0) is 4.79 Å². The lowest BCUT2D eigenvalue weighted by Crippen LogP contribution is -2.47. The molecule has 0 bridgehead atoms. The zero-order valence-electron chi connectivity index (χ0n) is 12.1. The van der Waals surface area contributed by atoms with Gasteiger partial charge in [0.2, 0.25) is 5.91 Å². The van der Waals surface area contributed by atoms with Crippen molar-refractivity contribution in [3.63, 3.8) is 0 Å². The Bertz CT molecular complexity index is 436. The predicted molar refractivity (Wildman–Crippen MR) is 82.4 cm³/mol. The summed E-state index contributed by atoms with van der Waals surface area (Å²) >= 11 is 1.58. The molecule has 2 rings (SSSR count). The second kappa shape index (κ2) is 7.55. The van der Waals surface area contributed by atoms with Gasteiger partial charge in [0.15, 0.2) is 0 Å². The number of hydrogen-bond acceptors (Lipinski definition) is 4. The highest BCUT2D eigenvalue weighted by molar-refractivity contribution is 8.00. The molecule has 5 heteroatoms. The van der Waals surface area contributed by atoms with E-state index in [1.807, 2.05) is 36.2 Å². The molecule has 1 N–H and O–H groups in total. The summed E-state index contributed by atoms with van der Waals surface area (Å²) in [6, 6.07) is 8.26. The molecule has 1 saturated heterocycles. The van der Waals surface area contributed by atoms with E-state index in [9.17, 15) is 4.79 Å². The minimum absolute atomic E-state index is 0.228. The maximum atomic E-state index is 12.2. The molecule has 1 atom stereocenters. The molecule has 1 fully saturated rings. The standard InChI is InChI=1S/C15H22N2O2S/c1-16-12-4-3-9-17(10-12)15(18)11-20-14-7-5-13(19-2)6-8-14/h5-8,12,16H,3-4,9-11H2,1-2H3. The molecule has 1 heterocycles. The van der Waals surface area contributed by atoms with Crippen LogP contribution in [0.25, 0.3) is 0 Å². The van der Waals surface area contributed by atoms with Crippen LogP contribution in [0.4, 0.5) is 0 Å². The van der Waals surface area contributed by atoms with Gasteiger partial charge < -0.3 is 15.0 Å². The highest BCUT2D eigenvalue weighted by atomic mass is 32.2. The fourth-order valence-corrected chi connectivity index (χ4v) is 3.15. The second-order valence-corrected chi connectivity index (χ2v) is 5.98. The lowest BCUT2D eigenvalue weighted by atomic mass is 10.1. The van der Waals surface area contributed by atoms with Gasteiger partial charge in [-0.2, -0.15) is 0 Å². The Morgan fingerprint density at radius 2 is 2.20 bits per heavy atom. The smallest absolute Gasteiger partial charge is 0.232 e. The van der Waals surface area contributed by atoms with Crippen molar-refractivity contribution in [1.82, 2.24) is 10.2 Å². The van der Waals surface area contributed by atoms with Gasteiger partial charge in [0.25, 0.3) is 0 Å². The minimum Gasteiger partial charge on any atom is -0.497 e. The molecule has 20 heavy (non-hydrogen) atoms. The number of ether oxygens (including phenoxy) is 1. The van der Waals surface area contributed by atoms with Crippen LogP contribution in [0.5, 0.6) is 5.75 Å². The topological polar surface area (TPSA) is 41.6 Å². The third-order valence-corrected chi connectivity index (χ3v) is 4.60. The largest absolute Gasteiger partial charge is 0.497 e. The first-order chi connectivity index (χ1) is 9.72. The van der Waals surface area contributed by atoms with Gasteiger partial charge in [-0.15, -0.1) is 11.8 Å². The zero-order chi connectivity index (χ0) is 14.4. The molecular weight excluding hydrogens is 272 g/mol. The Morgan fingerprint density at radius 1 is 1.45 bits per heavy atom. The van der Waals surface area contributed by atoms with Crippen molar-refractivity contribution in [2.75, 3.05) is 33.0 Å². The summed E-state index contributed by atoms with van der Waals surface area (Å²) in [6.45, 7) is 1.72. The van der Waals surface area contributed by atoms with E-state index in [1.165, 1.54) is 0 Å². The molecule has 110 valence electrons. The van der Waals surface area contributed by atoms with Gasteiger partial charge in [0.05, 0.1) is 12.9 Å². The van der Waals surface area contributed by atoms with Crippen molar-refractivity contribution < 1.29 is 9.53 Å². The molecule has 4 nitrogen and oxygen atoms in total. The number of piperidine rings is 1. The molecule has 1 amide bonds. The number of methoxy groups -OCH3 is 1. The summed E-state index contributed by atoms with van der Waals surface area (Å²) in [7, 11) is 3.62. The van der Waals surface area contributed by atoms with Crippen molar-refractivity contribution >= 4 is 17.7 Å². The summed E-state index contributed by atoms with van der Waals surface area (Å²) in [5, 5.41) is 3.26. The van der Waals surface area contributed by atoms with E-state index in [-0.39, 0.29) is 5.91 Å². The zero-order valence-corrected chi connectivity index (χ0v) is 12.9. The SMILES string of the molecule is CNC1CCCN(C(=O)CSc2ccc(OC)cc2)C1. The van der Waals surface area contributed by atoms with Crippen LogP contribution in [0.3, 0.4) is 0 Å². The first-order valence-corrected chi connectivity index (χ1v) is 7.93. The lowest BCUT2D eigenvalue weighted by Gasteiger charge is -2.32. The highest BCUT2D eigenvalue weighted by Crippen LogP contribution is 2.22. The van der Waals surface area contributed by atoms with Crippen molar-refractivity contribution in [2.24, 2.45) is 0 Å². The van der Waals surface area contributed by atoms with Crippen molar-refractivity contribution in [2.45, 2.75) is 23.8 Å². The Morgan fingerprint density at radius 3 is 2.85 bits per heavy atom. The van der Waals surface area contributed by atoms with Crippen LogP contribution < -0.4 is 10.1 Å². The number of thioether (sulfide) groups is 1. The normalized spacial score (nSPS) is 18.9. The molecule has 1 unspecified atom stereocenters. The number of carbonyl (C=O) groups excluding carboxylic acids is 1. The Hall–Kier alpha value is -1.20. The fourth-order valence-electron chi connectivity index (χ4n) is 2.35. The lowest BCUT2D eigenvalue weighted by molar-refractivity contribution is -0.129. The van der Waals surface area contributed by atoms with Crippen molar-refractivity contribution in [3.8, 4) is 5.75 Å². The van der Waals surface area contributed by atoms with Gasteiger partial charge in [-0.25, -0.2) is 0 Å². The molecule has 1 aromatic carbocycles. The molecule has 0 spiro atoms. The third kappa shape index (κ3) is 4.15. The van der Waals surface area contributed by atoms with Crippen LogP contribution in [0.2, 0.25) is 0 Å². The van der Waals surface area contributed by atoms with E-state index < -0.39 is 0 Å². The van der Waals surface area contributed by atoms with Crippen LogP contribution in [0.15, 0.2) is 29.2 Å². The van der Waals surface area contributed by atoms with Gasteiger partial charge in [-0.3, -0.25) is 4.79 Å². The van der Waals surface area contributed by atoms with Gasteiger partial charge in [0, 0.05) is 24.0 Å². The minimum atomic E-state index is 0.228. The molecule has 0 radical (unpaired) electrons. The van der Waals surface area contributed by atoms with Crippen LogP contribution in [-0.4, -0.2) is 49.8 Å². The maximum absolute atomic E-state index is 12.2. The highest BCUT2D eigenvalue weighted by Gasteiger charge is 2.22. The molecule has 0 saturated carbocycles. The molecular formula is C15H22N2O2S. The van der Waals surface area contributed by atoms with E-state index in [4.69, 9.17) is 4.74 Å². The number of amides is 1. The number of likely N-dealkylation sites (tertiary alicyclic amines) is 1. The number of rotatable bonds is 5. The number of likely N-dealkylation sites (N-methyl/N-ethyl adjacent to an activating group) is 1. The second-order valence-electron chi connectivity index (χ2n) is 4.93. The van der Waals surface area contributed by atoms with Gasteiger partial charge in [-0.1, -0.05) is 0 Å². The molecule has 1 aliphatic rings. The summed E-state index contributed by atoms with van der Waals surface area (Å²) in [6.07, 6.45) is 2.25. The number of nitrogens with zero attached hydrogens (tertiary/aromatic N) is 1. The van der Waals surface area contributed by atoms with E-state index in [0.717, 1.165) is 36.6 Å². The first-order valence-electron chi connectivity index (χ1n) is 6.95. The van der Waals surface area contributed by atoms with Crippen molar-refractivity contribution in [3.05, 3.63) is 24.3 Å². The van der Waals surface area contributed by atoms with Gasteiger partial charge in [0.1, 0.15) is 5.75 Å². The summed E-state index contributed by atoms with van der Waals surface area (Å²) in [5.74, 6) is 1.57. The average Bonchev–Trinajstić information content (AvgIpc) is 2.53. The van der Waals surface area contributed by atoms with Crippen molar-refractivity contribution in [1.29, 1.82) is 0 Å². The number of hydrogen-bond donors (Lipinski definition) is 1. The summed E-state index contributed by atoms with van der Waals surface area (Å²) in [4.78, 5) is 15.3. The first kappa shape index (κ1) is 15.2. The molecule has 0 aliphatic carbocycles. The summed E-state index contributed by atoms with van der Waals surface area (Å²) in [5.41, 5.74) is 0. The number of carbonyl (C=O) groups is 1. The van der Waals surface area contributed by atoms with Gasteiger partial charge in [-0.05, 0) is 44.2 Å². The van der Waals surface area contributed by atoms with Crippen LogP contribution >= 0.6 is 11.8 Å². The third-order valence-electron chi connectivity index (χ3n) is 3.60. The average molecular weight is 294 g/mol. The Balaban J connectivity index is 1.81. The van der Waals surface area contributed by atoms with Crippen LogP contribution in [0, 0.1) is 0 Å². The number of benzene rings is 1. The fraction of sp³-hybridized carbons (Fsp3) is 0.533. The van der Waals surface area contributed by atoms with E-state index in [0.29, 0.717) is 11.8 Å². The number of nitrogens with one attached hydrogen (secondary N) is 1. The molecule has 1 aromatic rings. The van der Waals surface area contributed by atoms with Gasteiger partial charge >= 0.3 is 0 Å². The summed E-state index contributed by atoms with van der Waals surface area (Å²) < 4.78 is 5.12. The van der Waals surface area contributed by atoms with E-state index in [2.05, 4.69) is 5.32 Å². The van der Waals surface area contributed by atoms with E-state index in [1.54, 1.807) is 18.9 Å². The molecule has 1 aliphatic heterocycles. The van der Waals surface area contributed by atoms with Crippen LogP contribution in [0.1, 0.15) is 12.8 Å². The predicted octanol–water partition coefficient (Wildman–Crippen LogP) is 2.00.